The molecular weight excluding hydrogens is 360 g/mol. The number of nitrogens with zero attached hydrogens (tertiary/aromatic N) is 1. The number of amides is 1. The molecule has 1 heterocycles. The van der Waals surface area contributed by atoms with Gasteiger partial charge in [-0.2, -0.15) is 0 Å². The monoisotopic (exact) mass is 384 g/mol. The molecule has 0 saturated carbocycles. The predicted octanol–water partition coefficient (Wildman–Crippen LogP) is 4.67. The van der Waals surface area contributed by atoms with Crippen LogP contribution in [0.1, 0.15) is 37.9 Å². The van der Waals surface area contributed by atoms with Crippen LogP contribution < -0.4 is 14.9 Å². The fourth-order valence-electron chi connectivity index (χ4n) is 3.02. The zero-order valence-electron chi connectivity index (χ0n) is 16.2. The molecule has 1 N–H and O–H groups in total. The van der Waals surface area contributed by atoms with E-state index in [-0.39, 0.29) is 16.8 Å². The van der Waals surface area contributed by atoms with Gasteiger partial charge >= 0.3 is 4.87 Å². The highest BCUT2D eigenvalue weighted by molar-refractivity contribution is 7.16. The molecule has 1 unspecified atom stereocenters. The summed E-state index contributed by atoms with van der Waals surface area (Å²) in [7, 11) is 0. The highest BCUT2D eigenvalue weighted by Gasteiger charge is 2.17. The van der Waals surface area contributed by atoms with Gasteiger partial charge in [-0.1, -0.05) is 29.0 Å². The van der Waals surface area contributed by atoms with Crippen molar-refractivity contribution in [1.82, 2.24) is 4.57 Å². The number of nitrogens with one attached hydrogen (secondary N) is 1. The van der Waals surface area contributed by atoms with Gasteiger partial charge in [0.25, 0.3) is 5.91 Å². The van der Waals surface area contributed by atoms with E-state index in [9.17, 15) is 9.59 Å². The number of aryl methyl sites for hydroxylation is 2. The van der Waals surface area contributed by atoms with Crippen LogP contribution >= 0.6 is 11.3 Å². The predicted molar refractivity (Wildman–Crippen MR) is 111 cm³/mol. The first kappa shape index (κ1) is 19.2. The topological polar surface area (TPSA) is 60.3 Å². The first-order valence-electron chi connectivity index (χ1n) is 8.96. The minimum absolute atomic E-state index is 0.00928. The summed E-state index contributed by atoms with van der Waals surface area (Å²) in [6.07, 6.45) is -0.638. The third kappa shape index (κ3) is 4.06. The van der Waals surface area contributed by atoms with Gasteiger partial charge < -0.3 is 10.1 Å². The van der Waals surface area contributed by atoms with Crippen molar-refractivity contribution in [2.24, 2.45) is 0 Å². The number of hydrogen-bond acceptors (Lipinski definition) is 4. The number of ether oxygens (including phenoxy) is 1. The summed E-state index contributed by atoms with van der Waals surface area (Å²) in [5.74, 6) is 0.468. The molecular formula is C21H24N2O3S. The normalized spacial score (nSPS) is 12.4. The molecule has 2 aromatic carbocycles. The molecule has 0 bridgehead atoms. The van der Waals surface area contributed by atoms with Gasteiger partial charge in [0.2, 0.25) is 0 Å². The maximum Gasteiger partial charge on any atom is 0.308 e. The molecule has 0 aliphatic carbocycles. The van der Waals surface area contributed by atoms with Crippen LogP contribution in [0.2, 0.25) is 0 Å². The lowest BCUT2D eigenvalue weighted by molar-refractivity contribution is -0.122. The number of aromatic nitrogens is 1. The molecule has 0 radical (unpaired) electrons. The summed E-state index contributed by atoms with van der Waals surface area (Å²) in [6.45, 7) is 9.66. The molecule has 0 spiro atoms. The van der Waals surface area contributed by atoms with Crippen molar-refractivity contribution in [1.29, 1.82) is 0 Å². The maximum atomic E-state index is 12.5. The number of rotatable bonds is 5. The van der Waals surface area contributed by atoms with E-state index in [2.05, 4.69) is 5.32 Å². The molecule has 3 rings (SSSR count). The Hall–Kier alpha value is -2.60. The summed E-state index contributed by atoms with van der Waals surface area (Å²) in [6, 6.07) is 11.5. The van der Waals surface area contributed by atoms with E-state index in [1.165, 1.54) is 11.3 Å². The number of carbonyl (C=O) groups excluding carboxylic acids is 1. The molecule has 1 amide bonds. The Labute approximate surface area is 162 Å². The van der Waals surface area contributed by atoms with Crippen molar-refractivity contribution in [3.8, 4) is 5.75 Å². The van der Waals surface area contributed by atoms with Crippen molar-refractivity contribution >= 4 is 33.1 Å². The third-order valence-electron chi connectivity index (χ3n) is 4.40. The summed E-state index contributed by atoms with van der Waals surface area (Å²) in [4.78, 5) is 24.7. The van der Waals surface area contributed by atoms with E-state index in [4.69, 9.17) is 4.74 Å². The van der Waals surface area contributed by atoms with E-state index >= 15 is 0 Å². The van der Waals surface area contributed by atoms with E-state index in [1.54, 1.807) is 11.5 Å². The summed E-state index contributed by atoms with van der Waals surface area (Å²) < 4.78 is 8.43. The SMILES string of the molecule is Cc1ccc(OC(C)C(=O)Nc2ccc3c(c2)sc(=O)n3C(C)C)c(C)c1. The number of fused-ring (bicyclic) bond motifs is 1. The fraction of sp³-hybridized carbons (Fsp3) is 0.333. The number of benzene rings is 2. The lowest BCUT2D eigenvalue weighted by Gasteiger charge is -2.16. The van der Waals surface area contributed by atoms with Gasteiger partial charge in [0.15, 0.2) is 6.10 Å². The van der Waals surface area contributed by atoms with Crippen LogP contribution in [0.25, 0.3) is 10.2 Å². The second kappa shape index (κ2) is 7.56. The van der Waals surface area contributed by atoms with Crippen molar-refractivity contribution in [2.45, 2.75) is 46.8 Å². The summed E-state index contributed by atoms with van der Waals surface area (Å²) in [5.41, 5.74) is 3.69. The molecule has 1 atom stereocenters. The molecule has 0 aliphatic heterocycles. The Kier molecular flexibility index (Phi) is 5.37. The highest BCUT2D eigenvalue weighted by Crippen LogP contribution is 2.25. The van der Waals surface area contributed by atoms with E-state index < -0.39 is 6.10 Å². The number of anilines is 1. The van der Waals surface area contributed by atoms with Gasteiger partial charge in [-0.15, -0.1) is 0 Å². The smallest absolute Gasteiger partial charge is 0.308 e. The molecule has 27 heavy (non-hydrogen) atoms. The number of hydrogen-bond donors (Lipinski definition) is 1. The van der Waals surface area contributed by atoms with Crippen LogP contribution in [0.15, 0.2) is 41.2 Å². The first-order chi connectivity index (χ1) is 12.8. The zero-order chi connectivity index (χ0) is 19.7. The maximum absolute atomic E-state index is 12.5. The van der Waals surface area contributed by atoms with Crippen LogP contribution in [-0.2, 0) is 4.79 Å². The quantitative estimate of drug-likeness (QED) is 0.695. The largest absolute Gasteiger partial charge is 0.481 e. The van der Waals surface area contributed by atoms with Crippen LogP contribution in [0, 0.1) is 13.8 Å². The summed E-state index contributed by atoms with van der Waals surface area (Å²) >= 11 is 1.19. The van der Waals surface area contributed by atoms with Gasteiger partial charge in [-0.3, -0.25) is 14.2 Å². The average Bonchev–Trinajstić information content (AvgIpc) is 2.92. The van der Waals surface area contributed by atoms with Crippen molar-refractivity contribution in [3.63, 3.8) is 0 Å². The highest BCUT2D eigenvalue weighted by atomic mass is 32.1. The standard InChI is InChI=1S/C21H24N2O3S/c1-12(2)23-17-8-7-16(11-19(17)27-21(23)25)22-20(24)15(5)26-18-9-6-13(3)10-14(18)4/h6-12,15H,1-5H3,(H,22,24). The van der Waals surface area contributed by atoms with Crippen LogP contribution in [0.4, 0.5) is 5.69 Å². The third-order valence-corrected chi connectivity index (χ3v) is 5.32. The fourth-order valence-corrected chi connectivity index (χ4v) is 4.08. The average molecular weight is 385 g/mol. The lowest BCUT2D eigenvalue weighted by Crippen LogP contribution is -2.30. The Morgan fingerprint density at radius 3 is 2.52 bits per heavy atom. The molecule has 0 aliphatic rings. The van der Waals surface area contributed by atoms with Crippen molar-refractivity contribution < 1.29 is 9.53 Å². The second-order valence-corrected chi connectivity index (χ2v) is 8.03. The minimum atomic E-state index is -0.638. The second-order valence-electron chi connectivity index (χ2n) is 7.03. The molecule has 5 nitrogen and oxygen atoms in total. The number of carbonyl (C=O) groups is 1. The van der Waals surface area contributed by atoms with E-state index in [0.717, 1.165) is 21.3 Å². The van der Waals surface area contributed by atoms with Gasteiger partial charge in [0, 0.05) is 11.7 Å². The van der Waals surface area contributed by atoms with Crippen LogP contribution in [0.5, 0.6) is 5.75 Å². The van der Waals surface area contributed by atoms with Gasteiger partial charge in [-0.25, -0.2) is 0 Å². The van der Waals surface area contributed by atoms with Gasteiger partial charge in [-0.05, 0) is 64.4 Å². The van der Waals surface area contributed by atoms with E-state index in [1.807, 2.05) is 64.1 Å². The Morgan fingerprint density at radius 2 is 1.85 bits per heavy atom. The van der Waals surface area contributed by atoms with Crippen molar-refractivity contribution in [2.75, 3.05) is 5.32 Å². The molecule has 6 heteroatoms. The molecule has 0 fully saturated rings. The lowest BCUT2D eigenvalue weighted by atomic mass is 10.1. The van der Waals surface area contributed by atoms with Crippen LogP contribution in [0.3, 0.4) is 0 Å². The van der Waals surface area contributed by atoms with Crippen LogP contribution in [-0.4, -0.2) is 16.6 Å². The van der Waals surface area contributed by atoms with Crippen molar-refractivity contribution in [3.05, 3.63) is 57.2 Å². The molecule has 1 aromatic heterocycles. The Morgan fingerprint density at radius 1 is 1.11 bits per heavy atom. The number of thiazole rings is 1. The molecule has 0 saturated heterocycles. The van der Waals surface area contributed by atoms with Gasteiger partial charge in [0.1, 0.15) is 5.75 Å². The Balaban J connectivity index is 1.76. The van der Waals surface area contributed by atoms with E-state index in [0.29, 0.717) is 11.4 Å². The first-order valence-corrected chi connectivity index (χ1v) is 9.78. The Bertz CT molecular complexity index is 1050. The molecule has 3 aromatic rings. The van der Waals surface area contributed by atoms with Gasteiger partial charge in [0.05, 0.1) is 10.2 Å². The summed E-state index contributed by atoms with van der Waals surface area (Å²) in [5, 5.41) is 2.87. The minimum Gasteiger partial charge on any atom is -0.481 e. The molecule has 142 valence electrons. The zero-order valence-corrected chi connectivity index (χ0v) is 17.0.